The molecule has 1 aliphatic heterocycles. The minimum absolute atomic E-state index is 0.303. The van der Waals surface area contributed by atoms with Crippen molar-refractivity contribution in [1.29, 1.82) is 0 Å². The van der Waals surface area contributed by atoms with Gasteiger partial charge in [0, 0.05) is 25.0 Å². The highest BCUT2D eigenvalue weighted by molar-refractivity contribution is 5.75. The molecule has 22 heavy (non-hydrogen) atoms. The van der Waals surface area contributed by atoms with E-state index in [2.05, 4.69) is 21.8 Å². The van der Waals surface area contributed by atoms with Crippen LogP contribution < -0.4 is 4.74 Å². The molecule has 5 nitrogen and oxygen atoms in total. The van der Waals surface area contributed by atoms with Gasteiger partial charge in [-0.05, 0) is 44.0 Å². The number of ether oxygens (including phenoxy) is 1. The first-order valence-electron chi connectivity index (χ1n) is 7.95. The molecule has 0 spiro atoms. The number of nitrogens with zero attached hydrogens (tertiary/aromatic N) is 3. The van der Waals surface area contributed by atoms with E-state index in [1.165, 1.54) is 12.8 Å². The zero-order chi connectivity index (χ0) is 15.4. The number of hydrogen-bond acceptors (Lipinski definition) is 5. The summed E-state index contributed by atoms with van der Waals surface area (Å²) in [6.45, 7) is 5.42. The number of aliphatic hydroxyl groups excluding tert-OH is 1. The van der Waals surface area contributed by atoms with Crippen LogP contribution >= 0.6 is 0 Å². The molecule has 1 atom stereocenters. The molecule has 118 valence electrons. The third kappa shape index (κ3) is 3.93. The molecular formula is C17H23N3O2. The van der Waals surface area contributed by atoms with Crippen LogP contribution in [0.1, 0.15) is 19.8 Å². The van der Waals surface area contributed by atoms with Gasteiger partial charge in [0.25, 0.3) is 0 Å². The second-order valence-electron chi connectivity index (χ2n) is 6.15. The quantitative estimate of drug-likeness (QED) is 0.916. The molecule has 1 aromatic heterocycles. The van der Waals surface area contributed by atoms with Crippen LogP contribution in [0.25, 0.3) is 11.0 Å². The van der Waals surface area contributed by atoms with Crippen molar-refractivity contribution in [1.82, 2.24) is 14.9 Å². The van der Waals surface area contributed by atoms with Crippen molar-refractivity contribution < 1.29 is 9.84 Å². The molecule has 1 aromatic carbocycles. The minimum atomic E-state index is -0.467. The topological polar surface area (TPSA) is 58.5 Å². The van der Waals surface area contributed by atoms with E-state index in [0.29, 0.717) is 13.2 Å². The van der Waals surface area contributed by atoms with E-state index in [0.717, 1.165) is 35.8 Å². The third-order valence-electron chi connectivity index (χ3n) is 4.23. The van der Waals surface area contributed by atoms with Gasteiger partial charge in [-0.3, -0.25) is 9.97 Å². The molecular weight excluding hydrogens is 278 g/mol. The van der Waals surface area contributed by atoms with Gasteiger partial charge in [-0.15, -0.1) is 0 Å². The van der Waals surface area contributed by atoms with Crippen LogP contribution in [0.2, 0.25) is 0 Å². The van der Waals surface area contributed by atoms with E-state index in [4.69, 9.17) is 4.74 Å². The van der Waals surface area contributed by atoms with E-state index in [-0.39, 0.29) is 0 Å². The van der Waals surface area contributed by atoms with Crippen LogP contribution in [-0.4, -0.2) is 52.3 Å². The molecule has 1 aliphatic rings. The summed E-state index contributed by atoms with van der Waals surface area (Å²) >= 11 is 0. The smallest absolute Gasteiger partial charge is 0.121 e. The van der Waals surface area contributed by atoms with Crippen molar-refractivity contribution >= 4 is 11.0 Å². The normalized spacial score (nSPS) is 18.5. The van der Waals surface area contributed by atoms with Crippen molar-refractivity contribution in [3.8, 4) is 5.75 Å². The second kappa shape index (κ2) is 7.03. The van der Waals surface area contributed by atoms with Gasteiger partial charge in [0.2, 0.25) is 0 Å². The fourth-order valence-corrected chi connectivity index (χ4v) is 2.82. The summed E-state index contributed by atoms with van der Waals surface area (Å²) in [7, 11) is 0. The molecule has 0 bridgehead atoms. The van der Waals surface area contributed by atoms with Crippen LogP contribution in [0.4, 0.5) is 0 Å². The third-order valence-corrected chi connectivity index (χ3v) is 4.23. The van der Waals surface area contributed by atoms with E-state index in [1.807, 2.05) is 18.2 Å². The molecule has 1 unspecified atom stereocenters. The predicted molar refractivity (Wildman–Crippen MR) is 85.9 cm³/mol. The first-order valence-corrected chi connectivity index (χ1v) is 7.95. The monoisotopic (exact) mass is 301 g/mol. The Morgan fingerprint density at radius 2 is 1.95 bits per heavy atom. The van der Waals surface area contributed by atoms with Gasteiger partial charge in [0.15, 0.2) is 0 Å². The molecule has 0 amide bonds. The van der Waals surface area contributed by atoms with Gasteiger partial charge < -0.3 is 14.7 Å². The number of piperidine rings is 1. The Labute approximate surface area is 130 Å². The first kappa shape index (κ1) is 15.2. The highest BCUT2D eigenvalue weighted by Crippen LogP contribution is 2.18. The number of aromatic nitrogens is 2. The molecule has 0 aliphatic carbocycles. The number of benzene rings is 1. The predicted octanol–water partition coefficient (Wildman–Crippen LogP) is 2.10. The SMILES string of the molecule is CC1CCN(CC(O)COc2ccc3nccnc3c2)CC1. The number of β-amino-alcohol motifs (C(OH)–C–C–N with tert-alkyl or cyclic N) is 1. The van der Waals surface area contributed by atoms with Crippen molar-refractivity contribution in [3.63, 3.8) is 0 Å². The van der Waals surface area contributed by atoms with Crippen molar-refractivity contribution in [2.45, 2.75) is 25.9 Å². The van der Waals surface area contributed by atoms with Gasteiger partial charge in [-0.1, -0.05) is 6.92 Å². The molecule has 2 aromatic rings. The Kier molecular flexibility index (Phi) is 4.85. The summed E-state index contributed by atoms with van der Waals surface area (Å²) in [5.41, 5.74) is 1.65. The Morgan fingerprint density at radius 3 is 2.73 bits per heavy atom. The number of fused-ring (bicyclic) bond motifs is 1. The van der Waals surface area contributed by atoms with E-state index in [1.54, 1.807) is 12.4 Å². The van der Waals surface area contributed by atoms with Crippen LogP contribution in [0.15, 0.2) is 30.6 Å². The Morgan fingerprint density at radius 1 is 1.23 bits per heavy atom. The number of aliphatic hydroxyl groups is 1. The summed E-state index contributed by atoms with van der Waals surface area (Å²) in [5, 5.41) is 10.1. The highest BCUT2D eigenvalue weighted by Gasteiger charge is 2.18. The zero-order valence-corrected chi connectivity index (χ0v) is 13.0. The molecule has 1 saturated heterocycles. The maximum Gasteiger partial charge on any atom is 0.121 e. The Bertz CT molecular complexity index is 612. The van der Waals surface area contributed by atoms with E-state index >= 15 is 0 Å². The summed E-state index contributed by atoms with van der Waals surface area (Å²) in [5.74, 6) is 1.53. The van der Waals surface area contributed by atoms with Crippen molar-refractivity contribution in [3.05, 3.63) is 30.6 Å². The standard InChI is InChI=1S/C17H23N3O2/c1-13-4-8-20(9-5-13)11-14(21)12-22-15-2-3-16-17(10-15)19-7-6-18-16/h2-3,6-7,10,13-14,21H,4-5,8-9,11-12H2,1H3. The lowest BCUT2D eigenvalue weighted by Gasteiger charge is -2.31. The zero-order valence-electron chi connectivity index (χ0n) is 13.0. The maximum atomic E-state index is 10.1. The summed E-state index contributed by atoms with van der Waals surface area (Å²) in [6, 6.07) is 5.61. The lowest BCUT2D eigenvalue weighted by Crippen LogP contribution is -2.40. The lowest BCUT2D eigenvalue weighted by atomic mass is 9.99. The first-order chi connectivity index (χ1) is 10.7. The van der Waals surface area contributed by atoms with Crippen LogP contribution in [0.3, 0.4) is 0 Å². The van der Waals surface area contributed by atoms with Crippen molar-refractivity contribution in [2.24, 2.45) is 5.92 Å². The summed E-state index contributed by atoms with van der Waals surface area (Å²) < 4.78 is 5.69. The molecule has 1 N–H and O–H groups in total. The van der Waals surface area contributed by atoms with E-state index in [9.17, 15) is 5.11 Å². The summed E-state index contributed by atoms with van der Waals surface area (Å²) in [6.07, 6.45) is 5.31. The van der Waals surface area contributed by atoms with Crippen molar-refractivity contribution in [2.75, 3.05) is 26.2 Å². The van der Waals surface area contributed by atoms with Crippen LogP contribution in [-0.2, 0) is 0 Å². The average molecular weight is 301 g/mol. The molecule has 3 rings (SSSR count). The fraction of sp³-hybridized carbons (Fsp3) is 0.529. The Hall–Kier alpha value is -1.72. The highest BCUT2D eigenvalue weighted by atomic mass is 16.5. The minimum Gasteiger partial charge on any atom is -0.491 e. The number of rotatable bonds is 5. The van der Waals surface area contributed by atoms with Crippen LogP contribution in [0, 0.1) is 5.92 Å². The number of likely N-dealkylation sites (tertiary alicyclic amines) is 1. The Balaban J connectivity index is 1.50. The fourth-order valence-electron chi connectivity index (χ4n) is 2.82. The van der Waals surface area contributed by atoms with Gasteiger partial charge in [0.05, 0.1) is 11.0 Å². The summed E-state index contributed by atoms with van der Waals surface area (Å²) in [4.78, 5) is 10.8. The van der Waals surface area contributed by atoms with E-state index < -0.39 is 6.10 Å². The number of hydrogen-bond donors (Lipinski definition) is 1. The van der Waals surface area contributed by atoms with Gasteiger partial charge >= 0.3 is 0 Å². The molecule has 0 saturated carbocycles. The second-order valence-corrected chi connectivity index (χ2v) is 6.15. The molecule has 2 heterocycles. The van der Waals surface area contributed by atoms with Gasteiger partial charge in [-0.25, -0.2) is 0 Å². The molecule has 1 fully saturated rings. The van der Waals surface area contributed by atoms with Gasteiger partial charge in [-0.2, -0.15) is 0 Å². The molecule has 5 heteroatoms. The average Bonchev–Trinajstić information content (AvgIpc) is 2.55. The maximum absolute atomic E-state index is 10.1. The van der Waals surface area contributed by atoms with Gasteiger partial charge in [0.1, 0.15) is 18.5 Å². The largest absolute Gasteiger partial charge is 0.491 e. The lowest BCUT2D eigenvalue weighted by molar-refractivity contribution is 0.0563. The van der Waals surface area contributed by atoms with Crippen LogP contribution in [0.5, 0.6) is 5.75 Å². The molecule has 0 radical (unpaired) electrons.